The van der Waals surface area contributed by atoms with E-state index in [9.17, 15) is 4.79 Å². The molecule has 0 fully saturated rings. The lowest BCUT2D eigenvalue weighted by Gasteiger charge is -2.14. The van der Waals surface area contributed by atoms with Gasteiger partial charge in [-0.3, -0.25) is 4.79 Å². The van der Waals surface area contributed by atoms with Crippen LogP contribution >= 0.6 is 11.6 Å². The Kier molecular flexibility index (Phi) is 4.14. The summed E-state index contributed by atoms with van der Waals surface area (Å²) in [6, 6.07) is 14.2. The highest BCUT2D eigenvalue weighted by molar-refractivity contribution is 6.31. The van der Waals surface area contributed by atoms with Crippen molar-refractivity contribution < 1.29 is 9.21 Å². The van der Waals surface area contributed by atoms with Crippen molar-refractivity contribution in [3.63, 3.8) is 0 Å². The van der Waals surface area contributed by atoms with Crippen LogP contribution in [0.4, 0.5) is 0 Å². The third-order valence-corrected chi connectivity index (χ3v) is 4.25. The maximum absolute atomic E-state index is 12.8. The summed E-state index contributed by atoms with van der Waals surface area (Å²) in [5.41, 5.74) is 1.68. The quantitative estimate of drug-likeness (QED) is 0.596. The van der Waals surface area contributed by atoms with E-state index in [4.69, 9.17) is 16.0 Å². The van der Waals surface area contributed by atoms with Gasteiger partial charge in [0.15, 0.2) is 0 Å². The fourth-order valence-electron chi connectivity index (χ4n) is 2.72. The van der Waals surface area contributed by atoms with Crippen molar-refractivity contribution in [2.24, 2.45) is 0 Å². The number of para-hydroxylation sites is 1. The zero-order chi connectivity index (χ0) is 18.1. The summed E-state index contributed by atoms with van der Waals surface area (Å²) in [5.74, 6) is 0.372. The predicted octanol–water partition coefficient (Wildman–Crippen LogP) is 3.55. The Morgan fingerprint density at radius 1 is 1.23 bits per heavy atom. The normalized spacial score (nSPS) is 12.2. The first kappa shape index (κ1) is 16.3. The second-order valence-electron chi connectivity index (χ2n) is 5.80. The number of benzene rings is 2. The number of nitrogens with zero attached hydrogens (tertiary/aromatic N) is 4. The molecule has 1 amide bonds. The molecule has 1 atom stereocenters. The molecule has 26 heavy (non-hydrogen) atoms. The van der Waals surface area contributed by atoms with Crippen molar-refractivity contribution in [1.82, 2.24) is 25.5 Å². The zero-order valence-corrected chi connectivity index (χ0v) is 14.5. The fourth-order valence-corrected chi connectivity index (χ4v) is 2.90. The first-order valence-corrected chi connectivity index (χ1v) is 8.32. The van der Waals surface area contributed by atoms with Gasteiger partial charge in [0, 0.05) is 10.4 Å². The van der Waals surface area contributed by atoms with Crippen LogP contribution in [0.5, 0.6) is 0 Å². The molecule has 0 saturated heterocycles. The molecule has 0 radical (unpaired) electrons. The molecule has 4 aromatic rings. The zero-order valence-electron chi connectivity index (χ0n) is 13.8. The molecule has 2 aromatic carbocycles. The van der Waals surface area contributed by atoms with E-state index in [1.165, 1.54) is 11.0 Å². The minimum Gasteiger partial charge on any atom is -0.459 e. The fraction of sp³-hybridized carbons (Fsp3) is 0.111. The Hall–Kier alpha value is -3.19. The van der Waals surface area contributed by atoms with Crippen LogP contribution in [-0.4, -0.2) is 26.1 Å². The highest BCUT2D eigenvalue weighted by Gasteiger charge is 2.19. The Morgan fingerprint density at radius 3 is 2.85 bits per heavy atom. The van der Waals surface area contributed by atoms with E-state index in [0.717, 1.165) is 11.0 Å². The highest BCUT2D eigenvalue weighted by Crippen LogP contribution is 2.25. The van der Waals surface area contributed by atoms with Crippen molar-refractivity contribution in [1.29, 1.82) is 0 Å². The molecule has 8 heteroatoms. The van der Waals surface area contributed by atoms with Gasteiger partial charge in [-0.25, -0.2) is 0 Å². The van der Waals surface area contributed by atoms with E-state index in [0.29, 0.717) is 22.0 Å². The second-order valence-corrected chi connectivity index (χ2v) is 6.23. The molecule has 0 aliphatic rings. The number of nitrogens with one attached hydrogen (secondary N) is 1. The van der Waals surface area contributed by atoms with Crippen LogP contribution in [0.3, 0.4) is 0 Å². The number of aromatic nitrogens is 4. The summed E-state index contributed by atoms with van der Waals surface area (Å²) in [5, 5.41) is 15.4. The molecule has 0 saturated carbocycles. The second kappa shape index (κ2) is 6.61. The molecule has 0 bridgehead atoms. The van der Waals surface area contributed by atoms with E-state index in [2.05, 4.69) is 20.8 Å². The molecule has 2 heterocycles. The highest BCUT2D eigenvalue weighted by atomic mass is 35.5. The third kappa shape index (κ3) is 3.04. The SMILES string of the molecule is C[C@H](NC(=O)c1cc(Cl)ccc1-n1cnnn1)c1cc2ccccc2o1. The Balaban J connectivity index is 1.63. The number of furan rings is 1. The molecule has 0 spiro atoms. The molecule has 0 aliphatic heterocycles. The molecule has 7 nitrogen and oxygen atoms in total. The first-order valence-electron chi connectivity index (χ1n) is 7.94. The van der Waals surface area contributed by atoms with Crippen molar-refractivity contribution in [3.8, 4) is 5.69 Å². The number of fused-ring (bicyclic) bond motifs is 1. The summed E-state index contributed by atoms with van der Waals surface area (Å²) in [4.78, 5) is 12.8. The summed E-state index contributed by atoms with van der Waals surface area (Å²) in [7, 11) is 0. The van der Waals surface area contributed by atoms with Gasteiger partial charge >= 0.3 is 0 Å². The van der Waals surface area contributed by atoms with Crippen molar-refractivity contribution in [2.75, 3.05) is 0 Å². The molecular weight excluding hydrogens is 354 g/mol. The number of carbonyl (C=O) groups is 1. The van der Waals surface area contributed by atoms with Gasteiger partial charge in [-0.15, -0.1) is 5.10 Å². The molecular formula is C18H14ClN5O2. The van der Waals surface area contributed by atoms with E-state index in [-0.39, 0.29) is 11.9 Å². The standard InChI is InChI=1S/C18H14ClN5O2/c1-11(17-8-12-4-2-3-5-16(12)26-17)21-18(25)14-9-13(19)6-7-15(14)24-10-20-22-23-24/h2-11H,1H3,(H,21,25)/t11-/m0/s1. The summed E-state index contributed by atoms with van der Waals surface area (Å²) < 4.78 is 7.23. The van der Waals surface area contributed by atoms with Gasteiger partial charge in [0.1, 0.15) is 17.7 Å². The van der Waals surface area contributed by atoms with Crippen LogP contribution in [-0.2, 0) is 0 Å². The number of carbonyl (C=O) groups excluding carboxylic acids is 1. The average Bonchev–Trinajstić information content (AvgIpc) is 3.31. The lowest BCUT2D eigenvalue weighted by atomic mass is 10.1. The average molecular weight is 368 g/mol. The maximum atomic E-state index is 12.8. The molecule has 4 rings (SSSR count). The van der Waals surface area contributed by atoms with Gasteiger partial charge in [-0.1, -0.05) is 29.8 Å². The van der Waals surface area contributed by atoms with E-state index in [1.807, 2.05) is 37.3 Å². The van der Waals surface area contributed by atoms with Gasteiger partial charge in [-0.05, 0) is 47.7 Å². The minimum absolute atomic E-state index is 0.300. The Bertz CT molecular complexity index is 1040. The van der Waals surface area contributed by atoms with Gasteiger partial charge in [-0.2, -0.15) is 4.68 Å². The van der Waals surface area contributed by atoms with Gasteiger partial charge < -0.3 is 9.73 Å². The maximum Gasteiger partial charge on any atom is 0.254 e. The molecule has 2 aromatic heterocycles. The number of halogens is 1. The van der Waals surface area contributed by atoms with Crippen molar-refractivity contribution in [3.05, 3.63) is 71.2 Å². The number of tetrazole rings is 1. The number of rotatable bonds is 4. The molecule has 0 aliphatic carbocycles. The van der Waals surface area contributed by atoms with Crippen molar-refractivity contribution in [2.45, 2.75) is 13.0 Å². The van der Waals surface area contributed by atoms with Gasteiger partial charge in [0.25, 0.3) is 5.91 Å². The van der Waals surface area contributed by atoms with Crippen LogP contribution in [0.2, 0.25) is 5.02 Å². The van der Waals surface area contributed by atoms with Crippen molar-refractivity contribution >= 4 is 28.5 Å². The molecule has 130 valence electrons. The predicted molar refractivity (Wildman–Crippen MR) is 96.3 cm³/mol. The van der Waals surface area contributed by atoms with E-state index < -0.39 is 0 Å². The summed E-state index contributed by atoms with van der Waals surface area (Å²) in [6.45, 7) is 1.86. The summed E-state index contributed by atoms with van der Waals surface area (Å²) >= 11 is 6.07. The Morgan fingerprint density at radius 2 is 2.08 bits per heavy atom. The smallest absolute Gasteiger partial charge is 0.254 e. The van der Waals surface area contributed by atoms with E-state index >= 15 is 0 Å². The van der Waals surface area contributed by atoms with Gasteiger partial charge in [0.2, 0.25) is 0 Å². The van der Waals surface area contributed by atoms with E-state index in [1.54, 1.807) is 18.2 Å². The third-order valence-electron chi connectivity index (χ3n) is 4.02. The lowest BCUT2D eigenvalue weighted by Crippen LogP contribution is -2.27. The molecule has 0 unspecified atom stereocenters. The van der Waals surface area contributed by atoms with Crippen LogP contribution in [0, 0.1) is 0 Å². The molecule has 1 N–H and O–H groups in total. The van der Waals surface area contributed by atoms with Gasteiger partial charge in [0.05, 0.1) is 17.3 Å². The number of amides is 1. The largest absolute Gasteiger partial charge is 0.459 e. The minimum atomic E-state index is -0.324. The first-order chi connectivity index (χ1) is 12.6. The van der Waals surface area contributed by atoms with Crippen LogP contribution in [0.25, 0.3) is 16.7 Å². The van der Waals surface area contributed by atoms with Crippen LogP contribution in [0.15, 0.2) is 59.3 Å². The van der Waals surface area contributed by atoms with Crippen LogP contribution in [0.1, 0.15) is 29.1 Å². The lowest BCUT2D eigenvalue weighted by molar-refractivity contribution is 0.0935. The number of hydrogen-bond acceptors (Lipinski definition) is 5. The summed E-state index contributed by atoms with van der Waals surface area (Å²) in [6.07, 6.45) is 1.42. The van der Waals surface area contributed by atoms with Crippen LogP contribution < -0.4 is 5.32 Å². The number of hydrogen-bond donors (Lipinski definition) is 1. The Labute approximate surface area is 153 Å². The topological polar surface area (TPSA) is 85.8 Å². The monoisotopic (exact) mass is 367 g/mol.